The highest BCUT2D eigenvalue weighted by atomic mass is 19.1. The molecule has 0 N–H and O–H groups in total. The Hall–Kier alpha value is -3.13. The molecule has 1 fully saturated rings. The number of rotatable bonds is 7. The summed E-state index contributed by atoms with van der Waals surface area (Å²) in [6.45, 7) is 4.33. The van der Waals surface area contributed by atoms with Crippen LogP contribution in [0.4, 0.5) is 8.78 Å². The molecular formula is C24H26F2N4O2. The predicted molar refractivity (Wildman–Crippen MR) is 115 cm³/mol. The van der Waals surface area contributed by atoms with Crippen molar-refractivity contribution < 1.29 is 18.1 Å². The molecular weight excluding hydrogens is 414 g/mol. The normalized spacial score (nSPS) is 14.8. The van der Waals surface area contributed by atoms with Crippen molar-refractivity contribution in [3.63, 3.8) is 0 Å². The number of carbonyl (C=O) groups is 1. The molecule has 2 aromatic carbocycles. The Kier molecular flexibility index (Phi) is 6.90. The SMILES string of the molecule is Cc1noc(CCCC(=O)N2CCN(C(c3ccc(F)cc3)c3ccc(F)cc3)CC2)n1. The molecule has 8 heteroatoms. The maximum Gasteiger partial charge on any atom is 0.226 e. The van der Waals surface area contributed by atoms with Gasteiger partial charge in [-0.15, -0.1) is 0 Å². The first-order chi connectivity index (χ1) is 15.5. The van der Waals surface area contributed by atoms with E-state index in [0.717, 1.165) is 11.1 Å². The number of carbonyl (C=O) groups excluding carboxylic acids is 1. The molecule has 168 valence electrons. The maximum atomic E-state index is 13.5. The van der Waals surface area contributed by atoms with Gasteiger partial charge in [-0.2, -0.15) is 4.98 Å². The minimum absolute atomic E-state index is 0.112. The lowest BCUT2D eigenvalue weighted by Crippen LogP contribution is -2.49. The number of aromatic nitrogens is 2. The number of aryl methyl sites for hydroxylation is 2. The summed E-state index contributed by atoms with van der Waals surface area (Å²) in [5.74, 6) is 0.678. The van der Waals surface area contributed by atoms with Crippen LogP contribution in [0.15, 0.2) is 53.1 Å². The number of amides is 1. The van der Waals surface area contributed by atoms with Crippen molar-refractivity contribution in [1.82, 2.24) is 19.9 Å². The molecule has 3 aromatic rings. The smallest absolute Gasteiger partial charge is 0.226 e. The fraction of sp³-hybridized carbons (Fsp3) is 0.375. The molecule has 0 radical (unpaired) electrons. The van der Waals surface area contributed by atoms with Crippen molar-refractivity contribution in [3.8, 4) is 0 Å². The fourth-order valence-electron chi connectivity index (χ4n) is 4.12. The second-order valence-corrected chi connectivity index (χ2v) is 8.01. The molecule has 1 saturated heterocycles. The number of benzene rings is 2. The first-order valence-corrected chi connectivity index (χ1v) is 10.8. The van der Waals surface area contributed by atoms with E-state index in [1.807, 2.05) is 4.90 Å². The summed E-state index contributed by atoms with van der Waals surface area (Å²) in [5.41, 5.74) is 1.88. The lowest BCUT2D eigenvalue weighted by Gasteiger charge is -2.40. The van der Waals surface area contributed by atoms with E-state index in [0.29, 0.717) is 57.2 Å². The molecule has 1 aliphatic rings. The van der Waals surface area contributed by atoms with Crippen LogP contribution in [0.5, 0.6) is 0 Å². The van der Waals surface area contributed by atoms with Crippen molar-refractivity contribution >= 4 is 5.91 Å². The van der Waals surface area contributed by atoms with Crippen LogP contribution in [-0.2, 0) is 11.2 Å². The van der Waals surface area contributed by atoms with Crippen molar-refractivity contribution in [1.29, 1.82) is 0 Å². The van der Waals surface area contributed by atoms with E-state index in [-0.39, 0.29) is 23.6 Å². The van der Waals surface area contributed by atoms with Crippen LogP contribution in [-0.4, -0.2) is 52.0 Å². The highest BCUT2D eigenvalue weighted by Crippen LogP contribution is 2.30. The average molecular weight is 440 g/mol. The molecule has 1 amide bonds. The Labute approximate surface area is 185 Å². The monoisotopic (exact) mass is 440 g/mol. The summed E-state index contributed by atoms with van der Waals surface area (Å²) in [4.78, 5) is 20.9. The predicted octanol–water partition coefficient (Wildman–Crippen LogP) is 3.91. The van der Waals surface area contributed by atoms with E-state index in [1.54, 1.807) is 31.2 Å². The van der Waals surface area contributed by atoms with Gasteiger partial charge in [0.1, 0.15) is 11.6 Å². The van der Waals surface area contributed by atoms with Gasteiger partial charge in [-0.3, -0.25) is 9.69 Å². The highest BCUT2D eigenvalue weighted by molar-refractivity contribution is 5.76. The number of halogens is 2. The summed E-state index contributed by atoms with van der Waals surface area (Å²) in [6.07, 6.45) is 1.68. The van der Waals surface area contributed by atoms with Crippen molar-refractivity contribution in [3.05, 3.63) is 83.0 Å². The van der Waals surface area contributed by atoms with E-state index in [9.17, 15) is 13.6 Å². The third kappa shape index (κ3) is 5.37. The van der Waals surface area contributed by atoms with Crippen LogP contribution in [0.3, 0.4) is 0 Å². The molecule has 0 aliphatic carbocycles. The highest BCUT2D eigenvalue weighted by Gasteiger charge is 2.28. The first-order valence-electron chi connectivity index (χ1n) is 10.8. The molecule has 6 nitrogen and oxygen atoms in total. The van der Waals surface area contributed by atoms with Crippen molar-refractivity contribution in [2.75, 3.05) is 26.2 Å². The summed E-state index contributed by atoms with van der Waals surface area (Å²) >= 11 is 0. The average Bonchev–Trinajstić information content (AvgIpc) is 3.22. The molecule has 32 heavy (non-hydrogen) atoms. The molecule has 0 bridgehead atoms. The van der Waals surface area contributed by atoms with E-state index >= 15 is 0 Å². The number of piperazine rings is 1. The van der Waals surface area contributed by atoms with Gasteiger partial charge in [0.25, 0.3) is 0 Å². The van der Waals surface area contributed by atoms with Gasteiger partial charge in [0.2, 0.25) is 11.8 Å². The molecule has 1 aromatic heterocycles. The number of hydrogen-bond donors (Lipinski definition) is 0. The Morgan fingerprint density at radius 2 is 1.53 bits per heavy atom. The van der Waals surface area contributed by atoms with Gasteiger partial charge in [-0.25, -0.2) is 8.78 Å². The third-order valence-electron chi connectivity index (χ3n) is 5.75. The number of nitrogens with zero attached hydrogens (tertiary/aromatic N) is 4. The second kappa shape index (κ2) is 9.99. The van der Waals surface area contributed by atoms with Crippen molar-refractivity contribution in [2.45, 2.75) is 32.2 Å². The zero-order valence-corrected chi connectivity index (χ0v) is 18.0. The summed E-state index contributed by atoms with van der Waals surface area (Å²) in [5, 5.41) is 3.76. The summed E-state index contributed by atoms with van der Waals surface area (Å²) < 4.78 is 32.0. The van der Waals surface area contributed by atoms with Crippen LogP contribution in [0.1, 0.15) is 41.7 Å². The summed E-state index contributed by atoms with van der Waals surface area (Å²) in [7, 11) is 0. The van der Waals surface area contributed by atoms with Gasteiger partial charge >= 0.3 is 0 Å². The molecule has 0 unspecified atom stereocenters. The maximum absolute atomic E-state index is 13.5. The first kappa shape index (κ1) is 22.1. The molecule has 1 aliphatic heterocycles. The standard InChI is InChI=1S/C24H26F2N4O2/c1-17-27-22(32-28-17)3-2-4-23(31)29-13-15-30(16-14-29)24(18-5-9-20(25)10-6-18)19-7-11-21(26)12-8-19/h5-12,24H,2-4,13-16H2,1H3. The van der Waals surface area contributed by atoms with E-state index in [4.69, 9.17) is 4.52 Å². The van der Waals surface area contributed by atoms with Crippen LogP contribution >= 0.6 is 0 Å². The Morgan fingerprint density at radius 3 is 2.03 bits per heavy atom. The van der Waals surface area contributed by atoms with Crippen LogP contribution < -0.4 is 0 Å². The van der Waals surface area contributed by atoms with Crippen LogP contribution in [0, 0.1) is 18.6 Å². The van der Waals surface area contributed by atoms with Gasteiger partial charge in [0.15, 0.2) is 5.82 Å². The molecule has 0 atom stereocenters. The van der Waals surface area contributed by atoms with Gasteiger partial charge in [0.05, 0.1) is 6.04 Å². The molecule has 0 spiro atoms. The zero-order valence-electron chi connectivity index (χ0n) is 18.0. The van der Waals surface area contributed by atoms with Gasteiger partial charge in [-0.05, 0) is 48.7 Å². The Morgan fingerprint density at radius 1 is 0.969 bits per heavy atom. The van der Waals surface area contributed by atoms with Crippen LogP contribution in [0.2, 0.25) is 0 Å². The van der Waals surface area contributed by atoms with Gasteiger partial charge < -0.3 is 9.42 Å². The lowest BCUT2D eigenvalue weighted by molar-refractivity contribution is -0.133. The zero-order chi connectivity index (χ0) is 22.5. The minimum atomic E-state index is -0.294. The lowest BCUT2D eigenvalue weighted by atomic mass is 9.96. The Balaban J connectivity index is 1.37. The van der Waals surface area contributed by atoms with E-state index < -0.39 is 0 Å². The molecule has 0 saturated carbocycles. The number of hydrogen-bond acceptors (Lipinski definition) is 5. The van der Waals surface area contributed by atoms with E-state index in [1.165, 1.54) is 24.3 Å². The van der Waals surface area contributed by atoms with Crippen molar-refractivity contribution in [2.24, 2.45) is 0 Å². The largest absolute Gasteiger partial charge is 0.340 e. The van der Waals surface area contributed by atoms with Gasteiger partial charge in [-0.1, -0.05) is 29.4 Å². The Bertz CT molecular complexity index is 983. The third-order valence-corrected chi connectivity index (χ3v) is 5.75. The topological polar surface area (TPSA) is 62.5 Å². The summed E-state index contributed by atoms with van der Waals surface area (Å²) in [6, 6.07) is 12.7. The van der Waals surface area contributed by atoms with Gasteiger partial charge in [0, 0.05) is 39.0 Å². The quantitative estimate of drug-likeness (QED) is 0.557. The second-order valence-electron chi connectivity index (χ2n) is 8.01. The minimum Gasteiger partial charge on any atom is -0.340 e. The molecule has 2 heterocycles. The van der Waals surface area contributed by atoms with E-state index in [2.05, 4.69) is 15.0 Å². The fourth-order valence-corrected chi connectivity index (χ4v) is 4.12. The van der Waals surface area contributed by atoms with Crippen LogP contribution in [0.25, 0.3) is 0 Å². The molecule has 4 rings (SSSR count).